The third kappa shape index (κ3) is 3.44. The number of carbonyl (C=O) groups excluding carboxylic acids is 2. The Hall–Kier alpha value is -1.82. The highest BCUT2D eigenvalue weighted by molar-refractivity contribution is 9.10. The summed E-state index contributed by atoms with van der Waals surface area (Å²) in [6.45, 7) is 5.27. The first kappa shape index (κ1) is 15.6. The Morgan fingerprint density at radius 2 is 2.00 bits per heavy atom. The van der Waals surface area contributed by atoms with Crippen molar-refractivity contribution in [3.05, 3.63) is 45.6 Å². The number of halogens is 1. The van der Waals surface area contributed by atoms with E-state index in [2.05, 4.69) is 26.6 Å². The van der Waals surface area contributed by atoms with Gasteiger partial charge in [0.2, 0.25) is 0 Å². The van der Waals surface area contributed by atoms with Crippen LogP contribution in [0.3, 0.4) is 0 Å². The molecule has 112 valence electrons. The fraction of sp³-hybridized carbons (Fsp3) is 0.333. The van der Waals surface area contributed by atoms with Gasteiger partial charge in [0.1, 0.15) is 0 Å². The highest BCUT2D eigenvalue weighted by atomic mass is 79.9. The molecule has 1 aromatic carbocycles. The SMILES string of the molecule is CC1=C(C(=O)OC(C)C)[C@@H](c2ccccc2Br)NC(=O)N1. The first-order valence-corrected chi connectivity index (χ1v) is 7.43. The van der Waals surface area contributed by atoms with Crippen LogP contribution in [0.5, 0.6) is 0 Å². The molecule has 2 N–H and O–H groups in total. The number of esters is 1. The van der Waals surface area contributed by atoms with Crippen LogP contribution in [-0.2, 0) is 9.53 Å². The summed E-state index contributed by atoms with van der Waals surface area (Å²) >= 11 is 3.45. The van der Waals surface area contributed by atoms with E-state index in [0.717, 1.165) is 10.0 Å². The molecule has 1 aromatic rings. The number of benzene rings is 1. The predicted octanol–water partition coefficient (Wildman–Crippen LogP) is 3.03. The van der Waals surface area contributed by atoms with Crippen LogP contribution in [0.4, 0.5) is 4.79 Å². The van der Waals surface area contributed by atoms with Crippen LogP contribution in [0, 0.1) is 0 Å². The normalized spacial score (nSPS) is 18.3. The number of amides is 2. The molecular formula is C15H17BrN2O3. The van der Waals surface area contributed by atoms with E-state index in [9.17, 15) is 9.59 Å². The largest absolute Gasteiger partial charge is 0.459 e. The second-order valence-corrected chi connectivity index (χ2v) is 5.90. The van der Waals surface area contributed by atoms with E-state index in [1.807, 2.05) is 24.3 Å². The van der Waals surface area contributed by atoms with Gasteiger partial charge in [0, 0.05) is 10.2 Å². The lowest BCUT2D eigenvalue weighted by atomic mass is 9.95. The maximum atomic E-state index is 12.3. The van der Waals surface area contributed by atoms with Gasteiger partial charge in [-0.2, -0.15) is 0 Å². The van der Waals surface area contributed by atoms with E-state index in [1.54, 1.807) is 20.8 Å². The van der Waals surface area contributed by atoms with E-state index in [-0.39, 0.29) is 12.1 Å². The molecule has 0 radical (unpaired) electrons. The molecule has 0 saturated carbocycles. The molecule has 1 atom stereocenters. The predicted molar refractivity (Wildman–Crippen MR) is 82.5 cm³/mol. The average Bonchev–Trinajstić information content (AvgIpc) is 2.37. The van der Waals surface area contributed by atoms with E-state index in [4.69, 9.17) is 4.74 Å². The van der Waals surface area contributed by atoms with Gasteiger partial charge in [-0.05, 0) is 32.4 Å². The van der Waals surface area contributed by atoms with Crippen LogP contribution in [0.25, 0.3) is 0 Å². The topological polar surface area (TPSA) is 67.4 Å². The second kappa shape index (κ2) is 6.30. The Morgan fingerprint density at radius 3 is 2.62 bits per heavy atom. The Morgan fingerprint density at radius 1 is 1.33 bits per heavy atom. The number of ether oxygens (including phenoxy) is 1. The van der Waals surface area contributed by atoms with Crippen molar-refractivity contribution < 1.29 is 14.3 Å². The molecule has 6 heteroatoms. The Kier molecular flexibility index (Phi) is 4.67. The molecule has 0 aromatic heterocycles. The van der Waals surface area contributed by atoms with Crippen molar-refractivity contribution in [2.75, 3.05) is 0 Å². The zero-order valence-electron chi connectivity index (χ0n) is 12.1. The quantitative estimate of drug-likeness (QED) is 0.821. The number of rotatable bonds is 3. The summed E-state index contributed by atoms with van der Waals surface area (Å²) in [5.74, 6) is -0.434. The minimum Gasteiger partial charge on any atom is -0.459 e. The molecule has 0 bridgehead atoms. The van der Waals surface area contributed by atoms with Gasteiger partial charge in [-0.25, -0.2) is 9.59 Å². The van der Waals surface area contributed by atoms with Crippen molar-refractivity contribution in [3.63, 3.8) is 0 Å². The van der Waals surface area contributed by atoms with Gasteiger partial charge in [0.15, 0.2) is 0 Å². The maximum Gasteiger partial charge on any atom is 0.338 e. The van der Waals surface area contributed by atoms with Gasteiger partial charge in [0.25, 0.3) is 0 Å². The summed E-state index contributed by atoms with van der Waals surface area (Å²) < 4.78 is 6.10. The van der Waals surface area contributed by atoms with Crippen molar-refractivity contribution in [2.45, 2.75) is 32.9 Å². The second-order valence-electron chi connectivity index (χ2n) is 5.05. The molecule has 5 nitrogen and oxygen atoms in total. The van der Waals surface area contributed by atoms with Crippen LogP contribution in [-0.4, -0.2) is 18.1 Å². The number of allylic oxidation sites excluding steroid dienone is 1. The summed E-state index contributed by atoms with van der Waals surface area (Å²) in [7, 11) is 0. The fourth-order valence-electron chi connectivity index (χ4n) is 2.18. The standard InChI is InChI=1S/C15H17BrN2O3/c1-8(2)21-14(19)12-9(3)17-15(20)18-13(12)10-6-4-5-7-11(10)16/h4-8,13H,1-3H3,(H2,17,18,20)/t13-/m1/s1. The molecule has 0 aliphatic carbocycles. The summed E-state index contributed by atoms with van der Waals surface area (Å²) in [4.78, 5) is 24.1. The zero-order chi connectivity index (χ0) is 15.6. The lowest BCUT2D eigenvalue weighted by molar-refractivity contribution is -0.143. The molecule has 2 rings (SSSR count). The van der Waals surface area contributed by atoms with Crippen molar-refractivity contribution in [3.8, 4) is 0 Å². The lowest BCUT2D eigenvalue weighted by Crippen LogP contribution is -2.45. The molecule has 1 aliphatic heterocycles. The van der Waals surface area contributed by atoms with Gasteiger partial charge >= 0.3 is 12.0 Å². The Labute approximate surface area is 131 Å². The van der Waals surface area contributed by atoms with Gasteiger partial charge in [-0.3, -0.25) is 0 Å². The van der Waals surface area contributed by atoms with Gasteiger partial charge < -0.3 is 15.4 Å². The first-order chi connectivity index (χ1) is 9.90. The summed E-state index contributed by atoms with van der Waals surface area (Å²) in [5.41, 5.74) is 1.72. The highest BCUT2D eigenvalue weighted by Crippen LogP contribution is 2.32. The van der Waals surface area contributed by atoms with Crippen molar-refractivity contribution in [2.24, 2.45) is 0 Å². The van der Waals surface area contributed by atoms with Crippen LogP contribution >= 0.6 is 15.9 Å². The van der Waals surface area contributed by atoms with E-state index in [0.29, 0.717) is 11.3 Å². The van der Waals surface area contributed by atoms with Crippen LogP contribution in [0.15, 0.2) is 40.0 Å². The molecule has 0 unspecified atom stereocenters. The fourth-order valence-corrected chi connectivity index (χ4v) is 2.70. The van der Waals surface area contributed by atoms with Crippen LogP contribution in [0.1, 0.15) is 32.4 Å². The monoisotopic (exact) mass is 352 g/mol. The Bertz CT molecular complexity index is 611. The highest BCUT2D eigenvalue weighted by Gasteiger charge is 2.33. The number of hydrogen-bond acceptors (Lipinski definition) is 3. The average molecular weight is 353 g/mol. The molecule has 0 spiro atoms. The lowest BCUT2D eigenvalue weighted by Gasteiger charge is -2.29. The number of hydrogen-bond donors (Lipinski definition) is 2. The van der Waals surface area contributed by atoms with Crippen molar-refractivity contribution in [1.29, 1.82) is 0 Å². The minimum absolute atomic E-state index is 0.227. The van der Waals surface area contributed by atoms with E-state index >= 15 is 0 Å². The molecule has 2 amide bonds. The van der Waals surface area contributed by atoms with Gasteiger partial charge in [0.05, 0.1) is 17.7 Å². The third-order valence-corrected chi connectivity index (χ3v) is 3.77. The molecule has 1 aliphatic rings. The molecular weight excluding hydrogens is 336 g/mol. The third-order valence-electron chi connectivity index (χ3n) is 3.05. The maximum absolute atomic E-state index is 12.3. The van der Waals surface area contributed by atoms with Crippen LogP contribution < -0.4 is 10.6 Å². The summed E-state index contributed by atoms with van der Waals surface area (Å²) in [5, 5.41) is 5.39. The molecule has 0 fully saturated rings. The number of nitrogens with one attached hydrogen (secondary N) is 2. The van der Waals surface area contributed by atoms with E-state index < -0.39 is 12.0 Å². The molecule has 0 saturated heterocycles. The number of urea groups is 1. The van der Waals surface area contributed by atoms with Gasteiger partial charge in [-0.15, -0.1) is 0 Å². The van der Waals surface area contributed by atoms with E-state index in [1.165, 1.54) is 0 Å². The summed E-state index contributed by atoms with van der Waals surface area (Å²) in [6, 6.07) is 6.57. The zero-order valence-corrected chi connectivity index (χ0v) is 13.7. The van der Waals surface area contributed by atoms with Gasteiger partial charge in [-0.1, -0.05) is 34.1 Å². The van der Waals surface area contributed by atoms with Crippen molar-refractivity contribution >= 4 is 27.9 Å². The smallest absolute Gasteiger partial charge is 0.338 e. The number of carbonyl (C=O) groups is 2. The summed E-state index contributed by atoms with van der Waals surface area (Å²) in [6.07, 6.45) is -0.227. The Balaban J connectivity index is 2.46. The van der Waals surface area contributed by atoms with Crippen LogP contribution in [0.2, 0.25) is 0 Å². The van der Waals surface area contributed by atoms with Crippen molar-refractivity contribution in [1.82, 2.24) is 10.6 Å². The molecule has 1 heterocycles. The minimum atomic E-state index is -0.541. The first-order valence-electron chi connectivity index (χ1n) is 6.64. The molecule has 21 heavy (non-hydrogen) atoms.